The van der Waals surface area contributed by atoms with Crippen molar-refractivity contribution in [2.45, 2.75) is 105 Å². The molecule has 5 fully saturated rings. The minimum atomic E-state index is -0.570. The van der Waals surface area contributed by atoms with Gasteiger partial charge in [0.1, 0.15) is 6.10 Å². The van der Waals surface area contributed by atoms with Crippen molar-refractivity contribution in [1.82, 2.24) is 0 Å². The van der Waals surface area contributed by atoms with Crippen LogP contribution in [-0.4, -0.2) is 40.8 Å². The van der Waals surface area contributed by atoms with E-state index in [1.807, 2.05) is 13.0 Å². The molecule has 2 bridgehead atoms. The van der Waals surface area contributed by atoms with Crippen LogP contribution in [0.3, 0.4) is 0 Å². The number of rotatable bonds is 1. The first-order valence-electron chi connectivity index (χ1n) is 14.0. The van der Waals surface area contributed by atoms with Crippen LogP contribution in [0, 0.1) is 50.2 Å². The maximum atomic E-state index is 14.3. The van der Waals surface area contributed by atoms with E-state index in [-0.39, 0.29) is 63.9 Å². The maximum Gasteiger partial charge on any atom is 0.312 e. The van der Waals surface area contributed by atoms with Gasteiger partial charge in [-0.1, -0.05) is 40.2 Å². The van der Waals surface area contributed by atoms with Gasteiger partial charge in [0, 0.05) is 23.2 Å². The lowest BCUT2D eigenvalue weighted by Gasteiger charge is -2.70. The molecule has 0 aromatic heterocycles. The number of allylic oxidation sites excluding steroid dienone is 2. The van der Waals surface area contributed by atoms with Gasteiger partial charge < -0.3 is 14.9 Å². The van der Waals surface area contributed by atoms with E-state index in [4.69, 9.17) is 4.74 Å². The minimum Gasteiger partial charge on any atom is -0.461 e. The Bertz CT molecular complexity index is 1030. The monoisotopic (exact) mass is 484 g/mol. The molecule has 6 rings (SSSR count). The molecule has 0 spiro atoms. The normalized spacial score (nSPS) is 59.0. The molecule has 0 aromatic rings. The highest BCUT2D eigenvalue weighted by Crippen LogP contribution is 2.75. The fourth-order valence-electron chi connectivity index (χ4n) is 10.9. The lowest BCUT2D eigenvalue weighted by atomic mass is 9.33. The first kappa shape index (κ1) is 24.2. The Morgan fingerprint density at radius 3 is 2.34 bits per heavy atom. The van der Waals surface area contributed by atoms with Crippen molar-refractivity contribution in [3.8, 4) is 0 Å². The number of hydrogen-bond donors (Lipinski definition) is 2. The highest BCUT2D eigenvalue weighted by atomic mass is 16.6. The van der Waals surface area contributed by atoms with Crippen molar-refractivity contribution < 1.29 is 24.5 Å². The number of hydrogen-bond acceptors (Lipinski definition) is 5. The third-order valence-electron chi connectivity index (χ3n) is 13.5. The zero-order valence-corrected chi connectivity index (χ0v) is 22.4. The van der Waals surface area contributed by atoms with Gasteiger partial charge in [0.25, 0.3) is 0 Å². The molecule has 1 heterocycles. The maximum absolute atomic E-state index is 14.3. The lowest BCUT2D eigenvalue weighted by molar-refractivity contribution is -0.213. The van der Waals surface area contributed by atoms with Crippen molar-refractivity contribution in [3.05, 3.63) is 11.6 Å². The third-order valence-corrected chi connectivity index (χ3v) is 13.5. The molecule has 4 saturated carbocycles. The van der Waals surface area contributed by atoms with Crippen LogP contribution in [0.5, 0.6) is 0 Å². The van der Waals surface area contributed by atoms with E-state index in [2.05, 4.69) is 34.6 Å². The molecule has 0 amide bonds. The first-order valence-corrected chi connectivity index (χ1v) is 14.0. The second kappa shape index (κ2) is 6.81. The van der Waals surface area contributed by atoms with Crippen LogP contribution in [0.2, 0.25) is 0 Å². The molecule has 11 atom stereocenters. The van der Waals surface area contributed by atoms with Crippen molar-refractivity contribution in [2.75, 3.05) is 6.61 Å². The lowest BCUT2D eigenvalue weighted by Crippen LogP contribution is -2.67. The van der Waals surface area contributed by atoms with Crippen LogP contribution in [-0.2, 0) is 14.3 Å². The fraction of sp³-hybridized carbons (Fsp3) is 0.867. The van der Waals surface area contributed by atoms with E-state index in [0.29, 0.717) is 6.42 Å². The second-order valence-electron chi connectivity index (χ2n) is 14.9. The van der Waals surface area contributed by atoms with Crippen LogP contribution in [0.15, 0.2) is 11.6 Å². The molecular weight excluding hydrogens is 440 g/mol. The molecule has 35 heavy (non-hydrogen) atoms. The van der Waals surface area contributed by atoms with Gasteiger partial charge >= 0.3 is 5.97 Å². The van der Waals surface area contributed by atoms with Crippen LogP contribution < -0.4 is 0 Å². The zero-order chi connectivity index (χ0) is 25.4. The van der Waals surface area contributed by atoms with Gasteiger partial charge in [-0.15, -0.1) is 0 Å². The summed E-state index contributed by atoms with van der Waals surface area (Å²) in [6, 6.07) is 0. The zero-order valence-electron chi connectivity index (χ0n) is 22.4. The molecule has 5 heteroatoms. The molecule has 1 aliphatic heterocycles. The highest BCUT2D eigenvalue weighted by Gasteiger charge is 2.72. The predicted molar refractivity (Wildman–Crippen MR) is 132 cm³/mol. The summed E-state index contributed by atoms with van der Waals surface area (Å²) in [5, 5.41) is 21.3. The van der Waals surface area contributed by atoms with E-state index >= 15 is 0 Å². The minimum absolute atomic E-state index is 0.0428. The number of aliphatic hydroxyl groups excluding tert-OH is 2. The van der Waals surface area contributed by atoms with Crippen LogP contribution in [0.1, 0.15) is 92.9 Å². The van der Waals surface area contributed by atoms with Gasteiger partial charge in [0.05, 0.1) is 18.1 Å². The summed E-state index contributed by atoms with van der Waals surface area (Å²) in [4.78, 5) is 27.1. The van der Waals surface area contributed by atoms with Gasteiger partial charge in [0.15, 0.2) is 5.78 Å². The largest absolute Gasteiger partial charge is 0.461 e. The van der Waals surface area contributed by atoms with Gasteiger partial charge in [-0.2, -0.15) is 0 Å². The van der Waals surface area contributed by atoms with Crippen LogP contribution in [0.4, 0.5) is 0 Å². The molecule has 5 nitrogen and oxygen atoms in total. The number of fused-ring (bicyclic) bond motifs is 10. The Kier molecular flexibility index (Phi) is 4.70. The Morgan fingerprint density at radius 2 is 1.66 bits per heavy atom. The van der Waals surface area contributed by atoms with Gasteiger partial charge in [0.2, 0.25) is 0 Å². The highest BCUT2D eigenvalue weighted by molar-refractivity contribution is 5.95. The molecule has 6 aliphatic rings. The van der Waals surface area contributed by atoms with Crippen molar-refractivity contribution in [3.63, 3.8) is 0 Å². The molecule has 1 saturated heterocycles. The molecular formula is C30H44O5. The molecule has 5 aliphatic carbocycles. The van der Waals surface area contributed by atoms with Crippen molar-refractivity contribution >= 4 is 11.8 Å². The van der Waals surface area contributed by atoms with Crippen LogP contribution in [0.25, 0.3) is 0 Å². The molecule has 0 aromatic carbocycles. The molecule has 2 N–H and O–H groups in total. The van der Waals surface area contributed by atoms with E-state index in [0.717, 1.165) is 44.9 Å². The Morgan fingerprint density at radius 1 is 0.943 bits per heavy atom. The summed E-state index contributed by atoms with van der Waals surface area (Å²) in [6.07, 6.45) is 8.37. The Balaban J connectivity index is 1.47. The van der Waals surface area contributed by atoms with E-state index in [1.54, 1.807) is 0 Å². The summed E-state index contributed by atoms with van der Waals surface area (Å²) in [6.45, 7) is 13.4. The SMILES string of the molecule is CC12CC(OC1=O)C1(C)CCC3(C)C(=CC(=O)C4C5(C)CCC(O)C(C)(CO)C5CCC43C)C1C2. The van der Waals surface area contributed by atoms with E-state index < -0.39 is 16.9 Å². The van der Waals surface area contributed by atoms with Gasteiger partial charge in [-0.3, -0.25) is 9.59 Å². The van der Waals surface area contributed by atoms with Crippen molar-refractivity contribution in [2.24, 2.45) is 50.2 Å². The number of esters is 1. The summed E-state index contributed by atoms with van der Waals surface area (Å²) in [5.74, 6) is 0.388. The number of ether oxygens (including phenoxy) is 1. The fourth-order valence-corrected chi connectivity index (χ4v) is 10.9. The van der Waals surface area contributed by atoms with Crippen molar-refractivity contribution in [1.29, 1.82) is 0 Å². The molecule has 0 radical (unpaired) electrons. The summed E-state index contributed by atoms with van der Waals surface area (Å²) >= 11 is 0. The smallest absolute Gasteiger partial charge is 0.312 e. The Labute approximate surface area is 210 Å². The number of ketones is 1. The van der Waals surface area contributed by atoms with Gasteiger partial charge in [-0.25, -0.2) is 0 Å². The first-order chi connectivity index (χ1) is 16.2. The standard InChI is InChI=1S/C30H44O5/c1-25-14-18-17-13-19(32)23-27(3)9-8-21(33)28(4,16-31)20(27)7-10-30(23,6)29(17,5)12-11-26(18,2)22(15-25)35-24(25)34/h13,18,20-23,31,33H,7-12,14-16H2,1-6H3. The third kappa shape index (κ3) is 2.58. The van der Waals surface area contributed by atoms with E-state index in [1.165, 1.54) is 5.57 Å². The molecule has 194 valence electrons. The Hall–Kier alpha value is -1.20. The number of carbonyl (C=O) groups excluding carboxylic acids is 2. The van der Waals surface area contributed by atoms with Gasteiger partial charge in [-0.05, 0) is 86.0 Å². The van der Waals surface area contributed by atoms with Crippen LogP contribution >= 0.6 is 0 Å². The average Bonchev–Trinajstić information content (AvgIpc) is 3.06. The molecule has 11 unspecified atom stereocenters. The summed E-state index contributed by atoms with van der Waals surface area (Å²) in [5.41, 5.74) is -0.366. The predicted octanol–water partition coefficient (Wildman–Crippen LogP) is 4.84. The topological polar surface area (TPSA) is 83.8 Å². The summed E-state index contributed by atoms with van der Waals surface area (Å²) in [7, 11) is 0. The quantitative estimate of drug-likeness (QED) is 0.521. The summed E-state index contributed by atoms with van der Waals surface area (Å²) < 4.78 is 5.97. The second-order valence-corrected chi connectivity index (χ2v) is 14.9. The van der Waals surface area contributed by atoms with E-state index in [9.17, 15) is 19.8 Å². The number of aliphatic hydroxyl groups is 2. The average molecular weight is 485 g/mol. The number of carbonyl (C=O) groups is 2.